The second-order valence-electron chi connectivity index (χ2n) is 5.15. The van der Waals surface area contributed by atoms with Crippen LogP contribution in [0.1, 0.15) is 45.9 Å². The molecule has 1 N–H and O–H groups in total. The van der Waals surface area contributed by atoms with Crippen molar-refractivity contribution in [2.24, 2.45) is 0 Å². The van der Waals surface area contributed by atoms with Gasteiger partial charge in [-0.15, -0.1) is 0 Å². The molecule has 0 radical (unpaired) electrons. The number of likely N-dealkylation sites (N-methyl/N-ethyl adjacent to an activating group) is 1. The lowest BCUT2D eigenvalue weighted by atomic mass is 9.95. The molecule has 1 atom stereocenters. The second-order valence-corrected chi connectivity index (χ2v) is 5.15. The molecule has 0 saturated heterocycles. The summed E-state index contributed by atoms with van der Waals surface area (Å²) in [5.74, 6) is 0.950. The van der Waals surface area contributed by atoms with Crippen molar-refractivity contribution in [1.29, 1.82) is 0 Å². The predicted octanol–water partition coefficient (Wildman–Crippen LogP) is 2.16. The Hall–Kier alpha value is -1.36. The van der Waals surface area contributed by atoms with Gasteiger partial charge in [0.15, 0.2) is 0 Å². The lowest BCUT2D eigenvalue weighted by molar-refractivity contribution is -0.150. The van der Waals surface area contributed by atoms with Crippen LogP contribution in [-0.2, 0) is 22.5 Å². The van der Waals surface area contributed by atoms with Crippen molar-refractivity contribution < 1.29 is 9.53 Å². The van der Waals surface area contributed by atoms with Gasteiger partial charge >= 0.3 is 5.97 Å². The Morgan fingerprint density at radius 1 is 1.45 bits per heavy atom. The van der Waals surface area contributed by atoms with Crippen LogP contribution in [0.2, 0.25) is 0 Å². The summed E-state index contributed by atoms with van der Waals surface area (Å²) in [7, 11) is 1.81. The molecule has 5 heteroatoms. The van der Waals surface area contributed by atoms with E-state index in [4.69, 9.17) is 4.74 Å². The molecule has 114 valence electrons. The Balaban J connectivity index is 2.40. The van der Waals surface area contributed by atoms with Crippen LogP contribution < -0.4 is 5.32 Å². The predicted molar refractivity (Wildman–Crippen MR) is 79.6 cm³/mol. The summed E-state index contributed by atoms with van der Waals surface area (Å²) in [6, 6.07) is 0. The largest absolute Gasteiger partial charge is 0.465 e. The van der Waals surface area contributed by atoms with Gasteiger partial charge in [0, 0.05) is 25.4 Å². The third-order valence-corrected chi connectivity index (χ3v) is 3.72. The number of hydrogen-bond donors (Lipinski definition) is 1. The number of imidazole rings is 1. The number of nitrogens with zero attached hydrogens (tertiary/aromatic N) is 2. The highest BCUT2D eigenvalue weighted by atomic mass is 16.5. The van der Waals surface area contributed by atoms with E-state index in [1.165, 1.54) is 0 Å². The van der Waals surface area contributed by atoms with Gasteiger partial charge < -0.3 is 14.6 Å². The van der Waals surface area contributed by atoms with Crippen molar-refractivity contribution in [2.45, 2.75) is 58.5 Å². The lowest BCUT2D eigenvalue weighted by Crippen LogP contribution is -2.48. The number of esters is 1. The Labute approximate surface area is 121 Å². The first kappa shape index (κ1) is 16.7. The monoisotopic (exact) mass is 281 g/mol. The van der Waals surface area contributed by atoms with E-state index in [9.17, 15) is 4.79 Å². The highest BCUT2D eigenvalue weighted by molar-refractivity contribution is 5.80. The van der Waals surface area contributed by atoms with Crippen molar-refractivity contribution in [1.82, 2.24) is 14.9 Å². The third-order valence-electron chi connectivity index (χ3n) is 3.72. The smallest absolute Gasteiger partial charge is 0.326 e. The molecular formula is C15H27N3O2. The van der Waals surface area contributed by atoms with Crippen LogP contribution in [0.5, 0.6) is 0 Å². The summed E-state index contributed by atoms with van der Waals surface area (Å²) in [4.78, 5) is 16.2. The quantitative estimate of drug-likeness (QED) is 0.556. The molecule has 0 aliphatic heterocycles. The highest BCUT2D eigenvalue weighted by Gasteiger charge is 2.32. The van der Waals surface area contributed by atoms with Crippen LogP contribution in [0.3, 0.4) is 0 Å². The molecule has 0 fully saturated rings. The van der Waals surface area contributed by atoms with Crippen molar-refractivity contribution in [3.63, 3.8) is 0 Å². The fourth-order valence-electron chi connectivity index (χ4n) is 2.24. The normalized spacial score (nSPS) is 14.0. The summed E-state index contributed by atoms with van der Waals surface area (Å²) in [6.45, 7) is 7.22. The number of carbonyl (C=O) groups is 1. The van der Waals surface area contributed by atoms with E-state index in [0.717, 1.165) is 38.1 Å². The van der Waals surface area contributed by atoms with E-state index in [1.807, 2.05) is 33.3 Å². The van der Waals surface area contributed by atoms with Gasteiger partial charge in [-0.25, -0.2) is 4.98 Å². The van der Waals surface area contributed by atoms with Crippen LogP contribution in [-0.4, -0.2) is 34.7 Å². The summed E-state index contributed by atoms with van der Waals surface area (Å²) in [6.07, 6.45) is 7.58. The fourth-order valence-corrected chi connectivity index (χ4v) is 2.24. The average molecular weight is 281 g/mol. The van der Waals surface area contributed by atoms with Crippen molar-refractivity contribution >= 4 is 5.97 Å². The molecule has 5 nitrogen and oxygen atoms in total. The van der Waals surface area contributed by atoms with Crippen LogP contribution in [0.4, 0.5) is 0 Å². The van der Waals surface area contributed by atoms with Gasteiger partial charge in [-0.2, -0.15) is 0 Å². The minimum atomic E-state index is -0.585. The number of rotatable bonds is 9. The van der Waals surface area contributed by atoms with Gasteiger partial charge in [-0.1, -0.05) is 6.92 Å². The fraction of sp³-hybridized carbons (Fsp3) is 0.733. The lowest BCUT2D eigenvalue weighted by Gasteiger charge is -2.26. The molecule has 1 unspecified atom stereocenters. The first-order chi connectivity index (χ1) is 9.57. The molecule has 1 aromatic rings. The summed E-state index contributed by atoms with van der Waals surface area (Å²) in [5.41, 5.74) is -0.585. The van der Waals surface area contributed by atoms with Gasteiger partial charge in [-0.05, 0) is 40.2 Å². The van der Waals surface area contributed by atoms with E-state index in [0.29, 0.717) is 6.61 Å². The Bertz CT molecular complexity index is 417. The van der Waals surface area contributed by atoms with Gasteiger partial charge in [0.05, 0.1) is 6.61 Å². The number of carbonyl (C=O) groups excluding carboxylic acids is 1. The number of unbranched alkanes of at least 4 members (excludes halogenated alkanes) is 1. The van der Waals surface area contributed by atoms with E-state index < -0.39 is 5.54 Å². The molecule has 0 amide bonds. The Morgan fingerprint density at radius 3 is 2.80 bits per heavy atom. The van der Waals surface area contributed by atoms with E-state index in [2.05, 4.69) is 21.8 Å². The zero-order valence-electron chi connectivity index (χ0n) is 13.1. The van der Waals surface area contributed by atoms with E-state index in [-0.39, 0.29) is 5.97 Å². The SMILES string of the molecule is CCOC(=O)C(C)(CCCCn1ccnc1CC)NC. The topological polar surface area (TPSA) is 56.2 Å². The minimum Gasteiger partial charge on any atom is -0.465 e. The molecule has 20 heavy (non-hydrogen) atoms. The number of aryl methyl sites for hydroxylation is 2. The number of hydrogen-bond acceptors (Lipinski definition) is 4. The van der Waals surface area contributed by atoms with E-state index >= 15 is 0 Å². The van der Waals surface area contributed by atoms with Crippen molar-refractivity contribution in [2.75, 3.05) is 13.7 Å². The Kier molecular flexibility index (Phi) is 6.71. The molecule has 1 rings (SSSR count). The van der Waals surface area contributed by atoms with Crippen LogP contribution in [0.15, 0.2) is 12.4 Å². The molecule has 0 bridgehead atoms. The number of nitrogens with one attached hydrogen (secondary N) is 1. The third kappa shape index (κ3) is 4.34. The Morgan fingerprint density at radius 2 is 2.20 bits per heavy atom. The van der Waals surface area contributed by atoms with Crippen molar-refractivity contribution in [3.05, 3.63) is 18.2 Å². The van der Waals surface area contributed by atoms with Crippen LogP contribution in [0.25, 0.3) is 0 Å². The number of aromatic nitrogens is 2. The summed E-state index contributed by atoms with van der Waals surface area (Å²) in [5, 5.41) is 3.09. The first-order valence-corrected chi connectivity index (χ1v) is 7.43. The van der Waals surface area contributed by atoms with E-state index in [1.54, 1.807) is 0 Å². The van der Waals surface area contributed by atoms with Crippen molar-refractivity contribution in [3.8, 4) is 0 Å². The van der Waals surface area contributed by atoms with Gasteiger partial charge in [0.25, 0.3) is 0 Å². The maximum atomic E-state index is 11.9. The maximum Gasteiger partial charge on any atom is 0.326 e. The van der Waals surface area contributed by atoms with Crippen LogP contribution >= 0.6 is 0 Å². The maximum absolute atomic E-state index is 11.9. The summed E-state index contributed by atoms with van der Waals surface area (Å²) >= 11 is 0. The molecule has 0 aliphatic rings. The molecule has 0 aliphatic carbocycles. The standard InChI is InChI=1S/C15H27N3O2/c1-5-13-17-10-12-18(13)11-8-7-9-15(3,16-4)14(19)20-6-2/h10,12,16H,5-9,11H2,1-4H3. The van der Waals surface area contributed by atoms with Gasteiger partial charge in [0.2, 0.25) is 0 Å². The molecule has 0 spiro atoms. The van der Waals surface area contributed by atoms with Crippen LogP contribution in [0, 0.1) is 0 Å². The molecule has 0 saturated carbocycles. The minimum absolute atomic E-state index is 0.167. The number of ether oxygens (including phenoxy) is 1. The van der Waals surface area contributed by atoms with Gasteiger partial charge in [0.1, 0.15) is 11.4 Å². The summed E-state index contributed by atoms with van der Waals surface area (Å²) < 4.78 is 7.30. The highest BCUT2D eigenvalue weighted by Crippen LogP contribution is 2.16. The average Bonchev–Trinajstić information content (AvgIpc) is 2.91. The zero-order valence-corrected chi connectivity index (χ0v) is 13.1. The van der Waals surface area contributed by atoms with Gasteiger partial charge in [-0.3, -0.25) is 4.79 Å². The molecule has 1 aromatic heterocycles. The first-order valence-electron chi connectivity index (χ1n) is 7.43. The zero-order chi connectivity index (χ0) is 15.0. The molecular weight excluding hydrogens is 254 g/mol. The molecule has 0 aromatic carbocycles. The molecule has 1 heterocycles. The second kappa shape index (κ2) is 8.04.